The number of anilines is 1. The molecule has 1 heterocycles. The lowest BCUT2D eigenvalue weighted by molar-refractivity contribution is 0.0585. The Kier molecular flexibility index (Phi) is 4.22. The Morgan fingerprint density at radius 3 is 2.57 bits per heavy atom. The molecule has 0 bridgehead atoms. The number of methoxy groups -OCH3 is 2. The third kappa shape index (κ3) is 3.38. The first-order chi connectivity index (χ1) is 10.0. The fourth-order valence-electron chi connectivity index (χ4n) is 1.63. The van der Waals surface area contributed by atoms with Gasteiger partial charge in [0.1, 0.15) is 5.75 Å². The van der Waals surface area contributed by atoms with Crippen molar-refractivity contribution >= 4 is 11.7 Å². The summed E-state index contributed by atoms with van der Waals surface area (Å²) >= 11 is 0. The molecule has 0 saturated carbocycles. The molecule has 0 atom stereocenters. The Morgan fingerprint density at radius 1 is 1.19 bits per heavy atom. The second-order valence-electron chi connectivity index (χ2n) is 4.17. The minimum atomic E-state index is -0.633. The molecule has 0 amide bonds. The predicted octanol–water partition coefficient (Wildman–Crippen LogP) is 1.95. The van der Waals surface area contributed by atoms with Gasteiger partial charge in [0.05, 0.1) is 19.9 Å². The van der Waals surface area contributed by atoms with E-state index in [1.165, 1.54) is 7.11 Å². The van der Waals surface area contributed by atoms with E-state index in [-0.39, 0.29) is 11.7 Å². The number of esters is 1. The average Bonchev–Trinajstić information content (AvgIpc) is 2.47. The number of rotatable bonds is 4. The molecule has 0 unspecified atom stereocenters. The van der Waals surface area contributed by atoms with Crippen LogP contribution in [0.3, 0.4) is 0 Å². The second-order valence-corrected chi connectivity index (χ2v) is 4.17. The number of hydrogen-bond acceptors (Lipinski definition) is 7. The Labute approximate surface area is 121 Å². The highest BCUT2D eigenvalue weighted by molar-refractivity contribution is 5.85. The lowest BCUT2D eigenvalue weighted by atomic mass is 10.3. The Bertz CT molecular complexity index is 673. The van der Waals surface area contributed by atoms with E-state index in [9.17, 15) is 4.79 Å². The molecule has 2 rings (SSSR count). The summed E-state index contributed by atoms with van der Waals surface area (Å²) in [5.74, 6) is 0.532. The molecule has 7 heteroatoms. The lowest BCUT2D eigenvalue weighted by Gasteiger charge is -2.10. The third-order valence-electron chi connectivity index (χ3n) is 2.63. The maximum absolute atomic E-state index is 11.5. The number of nitrogen functional groups attached to an aromatic ring is 1. The summed E-state index contributed by atoms with van der Waals surface area (Å²) in [7, 11) is 2.81. The molecule has 0 aliphatic carbocycles. The molecule has 7 nitrogen and oxygen atoms in total. The molecule has 2 aromatic rings. The SMILES string of the molecule is COC(=O)c1nc(C)cc(Oc2ccc(OC)cc2N)n1. The number of aromatic nitrogens is 2. The molecule has 2 N–H and O–H groups in total. The molecule has 1 aromatic carbocycles. The first-order valence-corrected chi connectivity index (χ1v) is 6.09. The van der Waals surface area contributed by atoms with Gasteiger partial charge in [-0.05, 0) is 19.1 Å². The fraction of sp³-hybridized carbons (Fsp3) is 0.214. The van der Waals surface area contributed by atoms with Crippen molar-refractivity contribution in [2.75, 3.05) is 20.0 Å². The molecule has 0 spiro atoms. The minimum absolute atomic E-state index is 0.0698. The van der Waals surface area contributed by atoms with Gasteiger partial charge in [0, 0.05) is 17.8 Å². The van der Waals surface area contributed by atoms with Gasteiger partial charge in [-0.3, -0.25) is 0 Å². The number of nitrogens with two attached hydrogens (primary N) is 1. The maximum Gasteiger partial charge on any atom is 0.376 e. The van der Waals surface area contributed by atoms with Gasteiger partial charge in [-0.2, -0.15) is 4.98 Å². The quantitative estimate of drug-likeness (QED) is 0.678. The first-order valence-electron chi connectivity index (χ1n) is 6.09. The van der Waals surface area contributed by atoms with Crippen molar-refractivity contribution in [1.29, 1.82) is 0 Å². The largest absolute Gasteiger partial charge is 0.497 e. The predicted molar refractivity (Wildman–Crippen MR) is 75.6 cm³/mol. The minimum Gasteiger partial charge on any atom is -0.497 e. The fourth-order valence-corrected chi connectivity index (χ4v) is 1.63. The summed E-state index contributed by atoms with van der Waals surface area (Å²) in [4.78, 5) is 19.4. The van der Waals surface area contributed by atoms with Crippen molar-refractivity contribution in [3.8, 4) is 17.4 Å². The van der Waals surface area contributed by atoms with E-state index in [1.54, 1.807) is 38.3 Å². The second kappa shape index (κ2) is 6.08. The molecular weight excluding hydrogens is 274 g/mol. The summed E-state index contributed by atoms with van der Waals surface area (Å²) in [6, 6.07) is 6.59. The number of hydrogen-bond donors (Lipinski definition) is 1. The van der Waals surface area contributed by atoms with E-state index in [1.807, 2.05) is 0 Å². The Hall–Kier alpha value is -2.83. The third-order valence-corrected chi connectivity index (χ3v) is 2.63. The zero-order chi connectivity index (χ0) is 15.4. The molecule has 0 aliphatic rings. The zero-order valence-electron chi connectivity index (χ0n) is 11.9. The number of carbonyl (C=O) groups excluding carboxylic acids is 1. The van der Waals surface area contributed by atoms with Crippen LogP contribution in [0.25, 0.3) is 0 Å². The summed E-state index contributed by atoms with van der Waals surface area (Å²) in [5, 5.41) is 0. The standard InChI is InChI=1S/C14H15N3O4/c1-8-6-12(17-13(16-8)14(18)20-3)21-11-5-4-9(19-2)7-10(11)15/h4-7H,15H2,1-3H3. The van der Waals surface area contributed by atoms with Gasteiger partial charge in [-0.25, -0.2) is 9.78 Å². The average molecular weight is 289 g/mol. The van der Waals surface area contributed by atoms with Crippen LogP contribution in [0.4, 0.5) is 5.69 Å². The van der Waals surface area contributed by atoms with Crippen molar-refractivity contribution in [2.45, 2.75) is 6.92 Å². The van der Waals surface area contributed by atoms with Crippen molar-refractivity contribution in [3.63, 3.8) is 0 Å². The topological polar surface area (TPSA) is 96.6 Å². The number of nitrogens with zero attached hydrogens (tertiary/aromatic N) is 2. The molecule has 110 valence electrons. The van der Waals surface area contributed by atoms with Crippen LogP contribution >= 0.6 is 0 Å². The highest BCUT2D eigenvalue weighted by Gasteiger charge is 2.13. The van der Waals surface area contributed by atoms with Crippen LogP contribution in [0.2, 0.25) is 0 Å². The molecule has 0 radical (unpaired) electrons. The van der Waals surface area contributed by atoms with Crippen LogP contribution < -0.4 is 15.2 Å². The maximum atomic E-state index is 11.5. The number of aryl methyl sites for hydroxylation is 1. The van der Waals surface area contributed by atoms with Crippen LogP contribution in [0.5, 0.6) is 17.4 Å². The molecule has 0 fully saturated rings. The van der Waals surface area contributed by atoms with Crippen LogP contribution in [-0.4, -0.2) is 30.2 Å². The van der Waals surface area contributed by atoms with Crippen LogP contribution in [0.15, 0.2) is 24.3 Å². The van der Waals surface area contributed by atoms with E-state index in [2.05, 4.69) is 14.7 Å². The van der Waals surface area contributed by atoms with Crippen LogP contribution in [-0.2, 0) is 4.74 Å². The summed E-state index contributed by atoms with van der Waals surface area (Å²) in [6.45, 7) is 1.72. The van der Waals surface area contributed by atoms with Crippen LogP contribution in [0.1, 0.15) is 16.3 Å². The van der Waals surface area contributed by atoms with E-state index < -0.39 is 5.97 Å². The van der Waals surface area contributed by atoms with Crippen molar-refractivity contribution < 1.29 is 19.0 Å². The monoisotopic (exact) mass is 289 g/mol. The molecule has 0 aliphatic heterocycles. The lowest BCUT2D eigenvalue weighted by Crippen LogP contribution is -2.09. The van der Waals surface area contributed by atoms with Gasteiger partial charge >= 0.3 is 5.97 Å². The first kappa shape index (κ1) is 14.6. The molecule has 0 saturated heterocycles. The smallest absolute Gasteiger partial charge is 0.376 e. The molecule has 1 aromatic heterocycles. The van der Waals surface area contributed by atoms with E-state index >= 15 is 0 Å². The van der Waals surface area contributed by atoms with Gasteiger partial charge in [-0.15, -0.1) is 0 Å². The number of benzene rings is 1. The van der Waals surface area contributed by atoms with Gasteiger partial charge in [-0.1, -0.05) is 0 Å². The number of ether oxygens (including phenoxy) is 3. The van der Waals surface area contributed by atoms with Gasteiger partial charge in [0.25, 0.3) is 0 Å². The zero-order valence-corrected chi connectivity index (χ0v) is 11.9. The van der Waals surface area contributed by atoms with E-state index in [4.69, 9.17) is 15.2 Å². The van der Waals surface area contributed by atoms with Gasteiger partial charge < -0.3 is 19.9 Å². The number of carbonyl (C=O) groups is 1. The summed E-state index contributed by atoms with van der Waals surface area (Å²) in [6.07, 6.45) is 0. The highest BCUT2D eigenvalue weighted by atomic mass is 16.5. The van der Waals surface area contributed by atoms with Crippen molar-refractivity contribution in [3.05, 3.63) is 35.8 Å². The summed E-state index contributed by atoms with van der Waals surface area (Å²) < 4.78 is 15.2. The summed E-state index contributed by atoms with van der Waals surface area (Å²) in [5.41, 5.74) is 6.84. The van der Waals surface area contributed by atoms with Crippen molar-refractivity contribution in [1.82, 2.24) is 9.97 Å². The molecular formula is C14H15N3O4. The van der Waals surface area contributed by atoms with Gasteiger partial charge in [0.2, 0.25) is 11.7 Å². The van der Waals surface area contributed by atoms with Crippen LogP contribution in [0, 0.1) is 6.92 Å². The molecule has 21 heavy (non-hydrogen) atoms. The Morgan fingerprint density at radius 2 is 1.95 bits per heavy atom. The Balaban J connectivity index is 2.31. The van der Waals surface area contributed by atoms with E-state index in [0.717, 1.165) is 0 Å². The highest BCUT2D eigenvalue weighted by Crippen LogP contribution is 2.29. The van der Waals surface area contributed by atoms with Gasteiger partial charge in [0.15, 0.2) is 5.75 Å². The normalized spacial score (nSPS) is 10.0. The van der Waals surface area contributed by atoms with E-state index in [0.29, 0.717) is 22.9 Å². The van der Waals surface area contributed by atoms with Crippen molar-refractivity contribution in [2.24, 2.45) is 0 Å².